The van der Waals surface area contributed by atoms with Gasteiger partial charge in [0.25, 0.3) is 0 Å². The molecule has 26 heavy (non-hydrogen) atoms. The first kappa shape index (κ1) is 16.8. The molecular weight excluding hydrogens is 350 g/mol. The molecule has 3 heterocycles. The van der Waals surface area contributed by atoms with Crippen LogP contribution >= 0.6 is 11.3 Å². The Balaban J connectivity index is 1.55. The van der Waals surface area contributed by atoms with Crippen LogP contribution in [0.1, 0.15) is 12.8 Å². The highest BCUT2D eigenvalue weighted by atomic mass is 32.1. The number of hydrogen-bond acceptors (Lipinski definition) is 6. The lowest BCUT2D eigenvalue weighted by molar-refractivity contribution is -0.124. The van der Waals surface area contributed by atoms with Gasteiger partial charge in [0.1, 0.15) is 5.75 Å². The highest BCUT2D eigenvalue weighted by Crippen LogP contribution is 2.30. The Morgan fingerprint density at radius 3 is 2.85 bits per heavy atom. The number of carbonyl (C=O) groups excluding carboxylic acids is 1. The van der Waals surface area contributed by atoms with E-state index in [9.17, 15) is 4.79 Å². The maximum atomic E-state index is 11.9. The van der Waals surface area contributed by atoms with Crippen molar-refractivity contribution >= 4 is 27.3 Å². The van der Waals surface area contributed by atoms with Crippen LogP contribution in [0.3, 0.4) is 0 Å². The summed E-state index contributed by atoms with van der Waals surface area (Å²) >= 11 is 1.56. The molecule has 0 aliphatic carbocycles. The Morgan fingerprint density at radius 1 is 1.35 bits per heavy atom. The SMILES string of the molecule is CNC(=O)[C@@H]1CCCN(c2nn3cc(-c4ccc(OC)cc4)nc3s2)C1. The summed E-state index contributed by atoms with van der Waals surface area (Å²) in [6.45, 7) is 1.64. The molecule has 3 aromatic rings. The minimum absolute atomic E-state index is 0.0276. The number of imidazole rings is 1. The Labute approximate surface area is 155 Å². The molecule has 1 amide bonds. The summed E-state index contributed by atoms with van der Waals surface area (Å²) in [4.78, 5) is 19.7. The van der Waals surface area contributed by atoms with Crippen LogP contribution in [-0.4, -0.2) is 47.8 Å². The topological polar surface area (TPSA) is 71.8 Å². The maximum Gasteiger partial charge on any atom is 0.224 e. The van der Waals surface area contributed by atoms with E-state index < -0.39 is 0 Å². The number of anilines is 1. The van der Waals surface area contributed by atoms with E-state index in [1.165, 1.54) is 0 Å². The van der Waals surface area contributed by atoms with E-state index in [1.54, 1.807) is 25.5 Å². The van der Waals surface area contributed by atoms with Crippen molar-refractivity contribution in [2.24, 2.45) is 5.92 Å². The zero-order valence-electron chi connectivity index (χ0n) is 14.8. The summed E-state index contributed by atoms with van der Waals surface area (Å²) in [5, 5.41) is 8.35. The van der Waals surface area contributed by atoms with Gasteiger partial charge in [0.15, 0.2) is 0 Å². The second-order valence-electron chi connectivity index (χ2n) is 6.37. The second-order valence-corrected chi connectivity index (χ2v) is 7.30. The van der Waals surface area contributed by atoms with Crippen molar-refractivity contribution in [2.45, 2.75) is 12.8 Å². The lowest BCUT2D eigenvalue weighted by Gasteiger charge is -2.31. The van der Waals surface area contributed by atoms with Gasteiger partial charge in [0.05, 0.1) is 24.9 Å². The predicted molar refractivity (Wildman–Crippen MR) is 102 cm³/mol. The van der Waals surface area contributed by atoms with E-state index in [0.717, 1.165) is 46.5 Å². The zero-order chi connectivity index (χ0) is 18.1. The van der Waals surface area contributed by atoms with Gasteiger partial charge in [-0.05, 0) is 37.1 Å². The number of rotatable bonds is 4. The van der Waals surface area contributed by atoms with Crippen molar-refractivity contribution in [3.05, 3.63) is 30.5 Å². The summed E-state index contributed by atoms with van der Waals surface area (Å²) < 4.78 is 7.02. The molecule has 1 aromatic carbocycles. The lowest BCUT2D eigenvalue weighted by atomic mass is 9.98. The smallest absolute Gasteiger partial charge is 0.224 e. The van der Waals surface area contributed by atoms with Crippen LogP contribution in [-0.2, 0) is 4.79 Å². The van der Waals surface area contributed by atoms with Crippen LogP contribution in [0.4, 0.5) is 5.13 Å². The van der Waals surface area contributed by atoms with Crippen LogP contribution in [0.25, 0.3) is 16.2 Å². The number of carbonyl (C=O) groups is 1. The van der Waals surface area contributed by atoms with E-state index in [2.05, 4.69) is 15.3 Å². The van der Waals surface area contributed by atoms with Gasteiger partial charge in [-0.1, -0.05) is 11.3 Å². The fourth-order valence-corrected chi connectivity index (χ4v) is 4.21. The van der Waals surface area contributed by atoms with Gasteiger partial charge in [-0.3, -0.25) is 4.79 Å². The summed E-state index contributed by atoms with van der Waals surface area (Å²) in [6, 6.07) is 7.83. The van der Waals surface area contributed by atoms with Gasteiger partial charge >= 0.3 is 0 Å². The van der Waals surface area contributed by atoms with Gasteiger partial charge in [-0.25, -0.2) is 9.50 Å². The average Bonchev–Trinajstić information content (AvgIpc) is 3.27. The molecule has 1 aliphatic rings. The normalized spacial score (nSPS) is 17.5. The minimum atomic E-state index is 0.0276. The quantitative estimate of drug-likeness (QED) is 0.763. The van der Waals surface area contributed by atoms with Crippen molar-refractivity contribution in [2.75, 3.05) is 32.1 Å². The van der Waals surface area contributed by atoms with E-state index in [0.29, 0.717) is 6.54 Å². The summed E-state index contributed by atoms with van der Waals surface area (Å²) in [5.74, 6) is 0.962. The standard InChI is InChI=1S/C18H21N5O2S/c1-19-16(24)13-4-3-9-22(10-13)18-21-23-11-15(20-17(23)26-18)12-5-7-14(25-2)8-6-12/h5-8,11,13H,3-4,9-10H2,1-2H3,(H,19,24)/t13-/m1/s1. The molecule has 136 valence electrons. The summed E-state index contributed by atoms with van der Waals surface area (Å²) in [7, 11) is 3.35. The molecule has 8 heteroatoms. The molecular formula is C18H21N5O2S. The van der Waals surface area contributed by atoms with Crippen LogP contribution in [0.5, 0.6) is 5.75 Å². The fourth-order valence-electron chi connectivity index (χ4n) is 3.29. The molecule has 4 rings (SSSR count). The number of hydrogen-bond donors (Lipinski definition) is 1. The van der Waals surface area contributed by atoms with E-state index >= 15 is 0 Å². The van der Waals surface area contributed by atoms with Crippen LogP contribution in [0, 0.1) is 5.92 Å². The van der Waals surface area contributed by atoms with Gasteiger partial charge in [0.2, 0.25) is 16.0 Å². The molecule has 7 nitrogen and oxygen atoms in total. The number of nitrogens with one attached hydrogen (secondary N) is 1. The van der Waals surface area contributed by atoms with Crippen molar-refractivity contribution in [3.63, 3.8) is 0 Å². The van der Waals surface area contributed by atoms with Gasteiger partial charge < -0.3 is 15.0 Å². The maximum absolute atomic E-state index is 11.9. The van der Waals surface area contributed by atoms with Gasteiger partial charge in [-0.15, -0.1) is 5.10 Å². The molecule has 0 radical (unpaired) electrons. The third-order valence-electron chi connectivity index (χ3n) is 4.73. The average molecular weight is 371 g/mol. The molecule has 0 bridgehead atoms. The molecule has 0 spiro atoms. The Hall–Kier alpha value is -2.61. The number of ether oxygens (including phenoxy) is 1. The molecule has 1 fully saturated rings. The summed E-state index contributed by atoms with van der Waals surface area (Å²) in [5.41, 5.74) is 1.92. The third kappa shape index (κ3) is 3.12. The van der Waals surface area contributed by atoms with Crippen molar-refractivity contribution in [3.8, 4) is 17.0 Å². The first-order valence-electron chi connectivity index (χ1n) is 8.65. The van der Waals surface area contributed by atoms with Crippen molar-refractivity contribution in [1.82, 2.24) is 19.9 Å². The Morgan fingerprint density at radius 2 is 2.15 bits per heavy atom. The van der Waals surface area contributed by atoms with Gasteiger partial charge in [-0.2, -0.15) is 0 Å². The van der Waals surface area contributed by atoms with Crippen molar-refractivity contribution < 1.29 is 9.53 Å². The predicted octanol–water partition coefficient (Wildman–Crippen LogP) is 2.43. The number of nitrogens with zero attached hydrogens (tertiary/aromatic N) is 4. The van der Waals surface area contributed by atoms with Crippen LogP contribution < -0.4 is 15.0 Å². The first-order chi connectivity index (χ1) is 12.7. The zero-order valence-corrected chi connectivity index (χ0v) is 15.6. The van der Waals surface area contributed by atoms with Crippen LogP contribution in [0.15, 0.2) is 30.5 Å². The molecule has 0 unspecified atom stereocenters. The third-order valence-corrected chi connectivity index (χ3v) is 5.71. The number of benzene rings is 1. The number of aromatic nitrogens is 3. The highest BCUT2D eigenvalue weighted by Gasteiger charge is 2.27. The Bertz CT molecular complexity index is 886. The number of piperidine rings is 1. The molecule has 1 atom stereocenters. The largest absolute Gasteiger partial charge is 0.497 e. The molecule has 1 N–H and O–H groups in total. The highest BCUT2D eigenvalue weighted by molar-refractivity contribution is 7.20. The second kappa shape index (κ2) is 6.95. The number of fused-ring (bicyclic) bond motifs is 1. The molecule has 0 saturated carbocycles. The summed E-state index contributed by atoms with van der Waals surface area (Å²) in [6.07, 6.45) is 3.87. The fraction of sp³-hybridized carbons (Fsp3) is 0.389. The van der Waals surface area contributed by atoms with E-state index in [4.69, 9.17) is 9.72 Å². The molecule has 1 saturated heterocycles. The minimum Gasteiger partial charge on any atom is -0.497 e. The van der Waals surface area contributed by atoms with Crippen molar-refractivity contribution in [1.29, 1.82) is 0 Å². The first-order valence-corrected chi connectivity index (χ1v) is 9.47. The van der Waals surface area contributed by atoms with Crippen LogP contribution in [0.2, 0.25) is 0 Å². The van der Waals surface area contributed by atoms with E-state index in [-0.39, 0.29) is 11.8 Å². The van der Waals surface area contributed by atoms with Gasteiger partial charge in [0, 0.05) is 25.7 Å². The number of methoxy groups -OCH3 is 1. The number of amides is 1. The monoisotopic (exact) mass is 371 g/mol. The Kier molecular flexibility index (Phi) is 4.50. The molecule has 1 aliphatic heterocycles. The lowest BCUT2D eigenvalue weighted by Crippen LogP contribution is -2.42. The molecule has 2 aromatic heterocycles. The van der Waals surface area contributed by atoms with E-state index in [1.807, 2.05) is 35.0 Å².